The molecule has 0 fully saturated rings. The van der Waals surface area contributed by atoms with Crippen molar-refractivity contribution in [2.24, 2.45) is 0 Å². The number of hydrogen-bond acceptors (Lipinski definition) is 2. The van der Waals surface area contributed by atoms with Gasteiger partial charge in [0.1, 0.15) is 0 Å². The first-order valence-corrected chi connectivity index (χ1v) is 4.64. The van der Waals surface area contributed by atoms with Crippen LogP contribution in [0.15, 0.2) is 24.3 Å². The highest BCUT2D eigenvalue weighted by atomic mass is 16.2. The van der Waals surface area contributed by atoms with E-state index in [1.807, 2.05) is 12.1 Å². The van der Waals surface area contributed by atoms with E-state index < -0.39 is 0 Å². The highest BCUT2D eigenvalue weighted by molar-refractivity contribution is 5.83. The molecule has 1 radical (unpaired) electrons. The van der Waals surface area contributed by atoms with Crippen LogP contribution in [0.1, 0.15) is 12.5 Å². The van der Waals surface area contributed by atoms with Gasteiger partial charge in [0.25, 0.3) is 0 Å². The van der Waals surface area contributed by atoms with Crippen molar-refractivity contribution in [3.8, 4) is 0 Å². The smallest absolute Gasteiger partial charge is 0.239 e. The Balaban J connectivity index is 2.26. The van der Waals surface area contributed by atoms with E-state index >= 15 is 0 Å². The van der Waals surface area contributed by atoms with Crippen LogP contribution < -0.4 is 10.6 Å². The van der Waals surface area contributed by atoms with Crippen molar-refractivity contribution in [1.29, 1.82) is 0 Å². The summed E-state index contributed by atoms with van der Waals surface area (Å²) in [5.41, 5.74) is 0.980. The molecule has 0 unspecified atom stereocenters. The summed E-state index contributed by atoms with van der Waals surface area (Å²) in [6.07, 6.45) is 0. The van der Waals surface area contributed by atoms with Crippen molar-refractivity contribution in [3.05, 3.63) is 35.9 Å². The molecule has 0 atom stereocenters. The van der Waals surface area contributed by atoms with E-state index in [1.165, 1.54) is 6.92 Å². The summed E-state index contributed by atoms with van der Waals surface area (Å²) in [5, 5.41) is 5.10. The monoisotopic (exact) mass is 205 g/mol. The minimum absolute atomic E-state index is 0.0197. The molecule has 15 heavy (non-hydrogen) atoms. The van der Waals surface area contributed by atoms with Crippen LogP contribution in [0.3, 0.4) is 0 Å². The Morgan fingerprint density at radius 2 is 2.20 bits per heavy atom. The summed E-state index contributed by atoms with van der Waals surface area (Å²) in [4.78, 5) is 21.7. The molecule has 2 N–H and O–H groups in total. The zero-order valence-electron chi connectivity index (χ0n) is 8.54. The van der Waals surface area contributed by atoms with Gasteiger partial charge in [-0.3, -0.25) is 9.59 Å². The Hall–Kier alpha value is -1.84. The van der Waals surface area contributed by atoms with Gasteiger partial charge in [0.05, 0.1) is 6.54 Å². The lowest BCUT2D eigenvalue weighted by molar-refractivity contribution is -0.125. The highest BCUT2D eigenvalue weighted by Crippen LogP contribution is 1.95. The minimum atomic E-state index is -0.210. The van der Waals surface area contributed by atoms with Gasteiger partial charge in [0, 0.05) is 13.5 Å². The van der Waals surface area contributed by atoms with Crippen molar-refractivity contribution >= 4 is 11.8 Å². The lowest BCUT2D eigenvalue weighted by Gasteiger charge is -2.05. The van der Waals surface area contributed by atoms with Gasteiger partial charge in [0.15, 0.2) is 0 Å². The van der Waals surface area contributed by atoms with Crippen LogP contribution >= 0.6 is 0 Å². The molecule has 0 aliphatic carbocycles. The lowest BCUT2D eigenvalue weighted by atomic mass is 10.2. The van der Waals surface area contributed by atoms with Crippen LogP contribution in [0.4, 0.5) is 0 Å². The van der Waals surface area contributed by atoms with Crippen LogP contribution in [0.5, 0.6) is 0 Å². The van der Waals surface area contributed by atoms with Crippen molar-refractivity contribution in [3.63, 3.8) is 0 Å². The maximum atomic E-state index is 11.2. The van der Waals surface area contributed by atoms with Gasteiger partial charge in [-0.25, -0.2) is 0 Å². The Labute approximate surface area is 88.7 Å². The predicted molar refractivity (Wildman–Crippen MR) is 55.8 cm³/mol. The number of amides is 2. The molecule has 0 aromatic heterocycles. The SMILES string of the molecule is CC(=O)NCC(=O)NCc1c[c]ccc1. The normalized spacial score (nSPS) is 9.40. The number of carbonyl (C=O) groups excluding carboxylic acids is 2. The third kappa shape index (κ3) is 4.81. The molecular weight excluding hydrogens is 192 g/mol. The van der Waals surface area contributed by atoms with E-state index in [9.17, 15) is 9.59 Å². The zero-order valence-corrected chi connectivity index (χ0v) is 8.54. The Kier molecular flexibility index (Phi) is 4.34. The average Bonchev–Trinajstić information content (AvgIpc) is 2.25. The fraction of sp³-hybridized carbons (Fsp3) is 0.273. The second kappa shape index (κ2) is 5.80. The molecule has 0 aliphatic rings. The summed E-state index contributed by atoms with van der Waals surface area (Å²) < 4.78 is 0. The highest BCUT2D eigenvalue weighted by Gasteiger charge is 2.01. The van der Waals surface area contributed by atoms with Crippen molar-refractivity contribution < 1.29 is 9.59 Å². The van der Waals surface area contributed by atoms with Gasteiger partial charge >= 0.3 is 0 Å². The van der Waals surface area contributed by atoms with E-state index in [2.05, 4.69) is 16.7 Å². The molecule has 0 aliphatic heterocycles. The molecule has 1 aromatic rings. The van der Waals surface area contributed by atoms with Gasteiger partial charge in [-0.2, -0.15) is 0 Å². The van der Waals surface area contributed by atoms with E-state index in [1.54, 1.807) is 12.1 Å². The molecule has 0 saturated carbocycles. The maximum Gasteiger partial charge on any atom is 0.239 e. The fourth-order valence-electron chi connectivity index (χ4n) is 1.01. The van der Waals surface area contributed by atoms with Crippen LogP contribution in [-0.4, -0.2) is 18.4 Å². The first-order valence-electron chi connectivity index (χ1n) is 4.64. The number of hydrogen-bond donors (Lipinski definition) is 2. The number of benzene rings is 1. The summed E-state index contributed by atoms with van der Waals surface area (Å²) in [7, 11) is 0. The van der Waals surface area contributed by atoms with E-state index in [-0.39, 0.29) is 18.4 Å². The summed E-state index contributed by atoms with van der Waals surface area (Å²) >= 11 is 0. The summed E-state index contributed by atoms with van der Waals surface area (Å²) in [6.45, 7) is 1.85. The number of rotatable bonds is 4. The summed E-state index contributed by atoms with van der Waals surface area (Å²) in [6, 6.07) is 10.3. The molecule has 1 aromatic carbocycles. The van der Waals surface area contributed by atoms with Crippen LogP contribution in [0.2, 0.25) is 0 Å². The molecule has 1 rings (SSSR count). The lowest BCUT2D eigenvalue weighted by Crippen LogP contribution is -2.35. The predicted octanol–water partition coefficient (Wildman–Crippen LogP) is 0.239. The van der Waals surface area contributed by atoms with Crippen LogP contribution in [0, 0.1) is 6.07 Å². The number of carbonyl (C=O) groups is 2. The van der Waals surface area contributed by atoms with Gasteiger partial charge in [-0.1, -0.05) is 18.2 Å². The third-order valence-corrected chi connectivity index (χ3v) is 1.76. The Bertz CT molecular complexity index is 336. The summed E-state index contributed by atoms with van der Waals surface area (Å²) in [5.74, 6) is -0.410. The molecule has 2 amide bonds. The average molecular weight is 205 g/mol. The first kappa shape index (κ1) is 11.2. The molecule has 0 heterocycles. The Morgan fingerprint density at radius 1 is 1.40 bits per heavy atom. The molecule has 4 heteroatoms. The van der Waals surface area contributed by atoms with Gasteiger partial charge in [-0.15, -0.1) is 0 Å². The van der Waals surface area contributed by atoms with Crippen LogP contribution in [-0.2, 0) is 16.1 Å². The molecule has 79 valence electrons. The van der Waals surface area contributed by atoms with Crippen molar-refractivity contribution in [1.82, 2.24) is 10.6 Å². The first-order chi connectivity index (χ1) is 7.18. The van der Waals surface area contributed by atoms with E-state index in [0.29, 0.717) is 6.54 Å². The topological polar surface area (TPSA) is 58.2 Å². The molecule has 0 bridgehead atoms. The maximum absolute atomic E-state index is 11.2. The quantitative estimate of drug-likeness (QED) is 0.739. The minimum Gasteiger partial charge on any atom is -0.350 e. The Morgan fingerprint density at radius 3 is 2.80 bits per heavy atom. The van der Waals surface area contributed by atoms with E-state index in [0.717, 1.165) is 5.56 Å². The second-order valence-electron chi connectivity index (χ2n) is 3.10. The largest absolute Gasteiger partial charge is 0.350 e. The molecule has 0 saturated heterocycles. The molecular formula is C11H13N2O2. The van der Waals surface area contributed by atoms with Crippen molar-refractivity contribution in [2.45, 2.75) is 13.5 Å². The second-order valence-corrected chi connectivity index (χ2v) is 3.10. The van der Waals surface area contributed by atoms with Gasteiger partial charge < -0.3 is 10.6 Å². The van der Waals surface area contributed by atoms with Crippen molar-refractivity contribution in [2.75, 3.05) is 6.54 Å². The third-order valence-electron chi connectivity index (χ3n) is 1.76. The van der Waals surface area contributed by atoms with E-state index in [4.69, 9.17) is 0 Å². The number of nitrogens with one attached hydrogen (secondary N) is 2. The zero-order chi connectivity index (χ0) is 11.1. The van der Waals surface area contributed by atoms with Gasteiger partial charge in [0.2, 0.25) is 11.8 Å². The van der Waals surface area contributed by atoms with Gasteiger partial charge in [-0.05, 0) is 17.7 Å². The molecule has 4 nitrogen and oxygen atoms in total. The fourth-order valence-corrected chi connectivity index (χ4v) is 1.01. The van der Waals surface area contributed by atoms with Crippen LogP contribution in [0.25, 0.3) is 0 Å². The standard InChI is InChI=1S/C11H13N2O2/c1-9(14)12-8-11(15)13-7-10-5-3-2-4-6-10/h2-3,5-6H,7-8H2,1H3,(H,12,14)(H,13,15). The molecule has 0 spiro atoms.